The minimum absolute atomic E-state index is 0. The Morgan fingerprint density at radius 3 is 2.22 bits per heavy atom. The standard InChI is InChI=1S/C27H29N2O2.BrH/c1-31-25-17-15-24(16-18-25)28-20-27(30,29-19-7-3-6-10-26(28)29)23-13-11-22(12-14-23)21-8-4-2-5-9-21;/h2,4-5,8-9,11-18,30H,3,6-7,10,19-20H2,1H3;1H/q+1;/p-1. The van der Waals surface area contributed by atoms with E-state index in [2.05, 4.69) is 70.1 Å². The Kier molecular flexibility index (Phi) is 6.68. The van der Waals surface area contributed by atoms with Gasteiger partial charge in [-0.25, -0.2) is 9.48 Å². The Hall–Kier alpha value is -2.63. The van der Waals surface area contributed by atoms with E-state index in [-0.39, 0.29) is 17.0 Å². The molecule has 5 rings (SSSR count). The van der Waals surface area contributed by atoms with Gasteiger partial charge in [0.15, 0.2) is 6.54 Å². The molecule has 0 saturated carbocycles. The van der Waals surface area contributed by atoms with E-state index in [0.717, 1.165) is 48.4 Å². The Bertz CT molecular complexity index is 1080. The fourth-order valence-corrected chi connectivity index (χ4v) is 4.88. The first kappa shape index (κ1) is 22.6. The van der Waals surface area contributed by atoms with Crippen molar-refractivity contribution >= 4 is 11.5 Å². The molecule has 3 aromatic rings. The summed E-state index contributed by atoms with van der Waals surface area (Å²) in [4.78, 5) is 2.29. The lowest BCUT2D eigenvalue weighted by Crippen LogP contribution is -3.00. The number of nitrogens with zero attached hydrogens (tertiary/aromatic N) is 2. The molecular formula is C27H29BrN2O2. The van der Waals surface area contributed by atoms with Crippen LogP contribution in [0.1, 0.15) is 31.2 Å². The monoisotopic (exact) mass is 492 g/mol. The van der Waals surface area contributed by atoms with Crippen molar-refractivity contribution in [1.82, 2.24) is 0 Å². The maximum atomic E-state index is 12.0. The molecule has 4 nitrogen and oxygen atoms in total. The van der Waals surface area contributed by atoms with E-state index in [1.807, 2.05) is 18.2 Å². The largest absolute Gasteiger partial charge is 1.00 e. The highest BCUT2D eigenvalue weighted by molar-refractivity contribution is 5.96. The first-order valence-corrected chi connectivity index (χ1v) is 11.1. The lowest BCUT2D eigenvalue weighted by molar-refractivity contribution is -0.658. The number of halogens is 1. The van der Waals surface area contributed by atoms with Crippen LogP contribution in [0.15, 0.2) is 78.9 Å². The van der Waals surface area contributed by atoms with Crippen molar-refractivity contribution < 1.29 is 31.4 Å². The number of hydrogen-bond acceptors (Lipinski definition) is 3. The van der Waals surface area contributed by atoms with Crippen LogP contribution in [0.4, 0.5) is 5.69 Å². The molecule has 0 aromatic heterocycles. The van der Waals surface area contributed by atoms with E-state index in [1.165, 1.54) is 17.8 Å². The maximum absolute atomic E-state index is 12.0. The maximum Gasteiger partial charge on any atom is 0.271 e. The molecule has 32 heavy (non-hydrogen) atoms. The molecule has 0 fully saturated rings. The number of ether oxygens (including phenoxy) is 1. The van der Waals surface area contributed by atoms with Crippen LogP contribution in [-0.4, -0.2) is 35.7 Å². The van der Waals surface area contributed by atoms with Gasteiger partial charge in [0.2, 0.25) is 0 Å². The minimum atomic E-state index is -1.03. The minimum Gasteiger partial charge on any atom is -1.00 e. The van der Waals surface area contributed by atoms with Gasteiger partial charge in [0.05, 0.1) is 13.7 Å². The number of β-amino-alcohol motifs (C(OH)–C–C–N with tert-alkyl or cyclic N) is 1. The number of aliphatic hydroxyl groups is 1. The van der Waals surface area contributed by atoms with Crippen molar-refractivity contribution in [2.24, 2.45) is 0 Å². The molecule has 0 radical (unpaired) electrons. The summed E-state index contributed by atoms with van der Waals surface area (Å²) in [5, 5.41) is 12.0. The molecule has 1 atom stereocenters. The van der Waals surface area contributed by atoms with Gasteiger partial charge in [-0.2, -0.15) is 0 Å². The van der Waals surface area contributed by atoms with Gasteiger partial charge in [-0.15, -0.1) is 0 Å². The van der Waals surface area contributed by atoms with Gasteiger partial charge in [-0.05, 0) is 54.7 Å². The van der Waals surface area contributed by atoms with Crippen LogP contribution in [0, 0.1) is 0 Å². The highest BCUT2D eigenvalue weighted by Crippen LogP contribution is 2.36. The average molecular weight is 493 g/mol. The molecular weight excluding hydrogens is 464 g/mol. The van der Waals surface area contributed by atoms with Crippen LogP contribution in [0.3, 0.4) is 0 Å². The van der Waals surface area contributed by atoms with Crippen LogP contribution in [0.25, 0.3) is 11.1 Å². The van der Waals surface area contributed by atoms with E-state index in [4.69, 9.17) is 4.74 Å². The summed E-state index contributed by atoms with van der Waals surface area (Å²) in [6, 6.07) is 26.9. The second-order valence-corrected chi connectivity index (χ2v) is 8.42. The fraction of sp³-hybridized carbons (Fsp3) is 0.296. The highest BCUT2D eigenvalue weighted by Gasteiger charge is 2.51. The van der Waals surface area contributed by atoms with Crippen molar-refractivity contribution in [3.05, 3.63) is 84.4 Å². The topological polar surface area (TPSA) is 35.7 Å². The Labute approximate surface area is 200 Å². The third kappa shape index (κ3) is 4.07. The van der Waals surface area contributed by atoms with Gasteiger partial charge in [0.1, 0.15) is 11.4 Å². The number of amidine groups is 1. The molecule has 0 spiro atoms. The second-order valence-electron chi connectivity index (χ2n) is 8.42. The molecule has 0 aliphatic carbocycles. The molecule has 2 heterocycles. The van der Waals surface area contributed by atoms with E-state index in [1.54, 1.807) is 7.11 Å². The van der Waals surface area contributed by atoms with Crippen molar-refractivity contribution in [3.8, 4) is 16.9 Å². The van der Waals surface area contributed by atoms with E-state index in [0.29, 0.717) is 6.54 Å². The van der Waals surface area contributed by atoms with Gasteiger partial charge in [0.25, 0.3) is 11.6 Å². The first-order chi connectivity index (χ1) is 15.2. The van der Waals surface area contributed by atoms with Crippen LogP contribution in [0.5, 0.6) is 5.75 Å². The van der Waals surface area contributed by atoms with Crippen molar-refractivity contribution in [2.45, 2.75) is 31.4 Å². The number of anilines is 1. The molecule has 0 amide bonds. The van der Waals surface area contributed by atoms with Gasteiger partial charge < -0.3 is 26.8 Å². The third-order valence-corrected chi connectivity index (χ3v) is 6.57. The molecule has 5 heteroatoms. The van der Waals surface area contributed by atoms with Gasteiger partial charge in [0, 0.05) is 12.0 Å². The van der Waals surface area contributed by atoms with Gasteiger partial charge in [-0.1, -0.05) is 54.6 Å². The number of methoxy groups -OCH3 is 1. The Morgan fingerprint density at radius 2 is 1.53 bits per heavy atom. The van der Waals surface area contributed by atoms with Crippen LogP contribution < -0.4 is 26.6 Å². The van der Waals surface area contributed by atoms with Gasteiger partial charge >= 0.3 is 0 Å². The third-order valence-electron chi connectivity index (χ3n) is 6.57. The summed E-state index contributed by atoms with van der Waals surface area (Å²) in [6.07, 6.45) is 4.43. The van der Waals surface area contributed by atoms with Crippen LogP contribution >= 0.6 is 0 Å². The second kappa shape index (κ2) is 9.47. The summed E-state index contributed by atoms with van der Waals surface area (Å²) in [5.41, 5.74) is 3.36. The van der Waals surface area contributed by atoms with Gasteiger partial charge in [-0.3, -0.25) is 0 Å². The molecule has 1 N–H and O–H groups in total. The summed E-state index contributed by atoms with van der Waals surface area (Å²) < 4.78 is 7.57. The zero-order valence-corrected chi connectivity index (χ0v) is 20.0. The Morgan fingerprint density at radius 1 is 0.844 bits per heavy atom. The number of benzene rings is 3. The van der Waals surface area contributed by atoms with E-state index < -0.39 is 5.72 Å². The van der Waals surface area contributed by atoms with Crippen LogP contribution in [-0.2, 0) is 5.72 Å². The van der Waals surface area contributed by atoms with Crippen molar-refractivity contribution in [3.63, 3.8) is 0 Å². The van der Waals surface area contributed by atoms with Crippen molar-refractivity contribution in [2.75, 3.05) is 25.1 Å². The molecule has 0 bridgehead atoms. The van der Waals surface area contributed by atoms with E-state index >= 15 is 0 Å². The quantitative estimate of drug-likeness (QED) is 0.566. The molecule has 0 saturated heterocycles. The number of rotatable bonds is 4. The predicted molar refractivity (Wildman–Crippen MR) is 125 cm³/mol. The lowest BCUT2D eigenvalue weighted by atomic mass is 9.98. The average Bonchev–Trinajstić information content (AvgIpc) is 2.97. The highest BCUT2D eigenvalue weighted by atomic mass is 79.9. The lowest BCUT2D eigenvalue weighted by Gasteiger charge is -2.24. The zero-order chi connectivity index (χ0) is 21.3. The van der Waals surface area contributed by atoms with E-state index in [9.17, 15) is 5.11 Å². The molecule has 3 aromatic carbocycles. The smallest absolute Gasteiger partial charge is 0.271 e. The molecule has 1 unspecified atom stereocenters. The molecule has 2 aliphatic heterocycles. The summed E-state index contributed by atoms with van der Waals surface area (Å²) in [5.74, 6) is 2.06. The SMILES string of the molecule is COc1ccc(N2CC(O)(c3ccc(-c4ccccc4)cc3)[N+]3=C2CCCCC3)cc1.[Br-]. The molecule has 166 valence electrons. The summed E-state index contributed by atoms with van der Waals surface area (Å²) in [6.45, 7) is 1.40. The number of hydrogen-bond donors (Lipinski definition) is 1. The predicted octanol–water partition coefficient (Wildman–Crippen LogP) is 2.02. The van der Waals surface area contributed by atoms with Crippen molar-refractivity contribution in [1.29, 1.82) is 0 Å². The summed E-state index contributed by atoms with van der Waals surface area (Å²) in [7, 11) is 1.69. The van der Waals surface area contributed by atoms with Crippen LogP contribution in [0.2, 0.25) is 0 Å². The zero-order valence-electron chi connectivity index (χ0n) is 18.4. The molecule has 2 aliphatic rings. The normalized spacial score (nSPS) is 20.4. The fourth-order valence-electron chi connectivity index (χ4n) is 4.88. The Balaban J connectivity index is 0.00000245. The first-order valence-electron chi connectivity index (χ1n) is 11.1. The summed E-state index contributed by atoms with van der Waals surface area (Å²) >= 11 is 0.